The van der Waals surface area contributed by atoms with E-state index in [4.69, 9.17) is 9.47 Å². The molecule has 1 fully saturated rings. The third kappa shape index (κ3) is 6.69. The van der Waals surface area contributed by atoms with Gasteiger partial charge in [-0.3, -0.25) is 20.2 Å². The molecule has 0 radical (unpaired) electrons. The molecule has 3 rings (SSSR count). The van der Waals surface area contributed by atoms with E-state index in [1.165, 1.54) is 6.08 Å². The average molecular weight is 448 g/mol. The van der Waals surface area contributed by atoms with Gasteiger partial charge >= 0.3 is 12.0 Å². The molecular formula is C23H20N4O6. The fourth-order valence-corrected chi connectivity index (χ4v) is 2.55. The Balaban J connectivity index is 1.53. The van der Waals surface area contributed by atoms with E-state index in [0.717, 1.165) is 0 Å². The summed E-state index contributed by atoms with van der Waals surface area (Å²) in [5.41, 5.74) is 1.91. The van der Waals surface area contributed by atoms with Gasteiger partial charge in [0.25, 0.3) is 11.8 Å². The van der Waals surface area contributed by atoms with Gasteiger partial charge in [-0.15, -0.1) is 0 Å². The van der Waals surface area contributed by atoms with Crippen LogP contribution in [0.25, 0.3) is 6.08 Å². The molecule has 1 saturated heterocycles. The molecule has 33 heavy (non-hydrogen) atoms. The van der Waals surface area contributed by atoms with Crippen molar-refractivity contribution in [2.24, 2.45) is 10.2 Å². The largest absolute Gasteiger partial charge is 0.490 e. The molecule has 10 heteroatoms. The lowest BCUT2D eigenvalue weighted by atomic mass is 10.1. The number of amides is 4. The van der Waals surface area contributed by atoms with E-state index in [9.17, 15) is 19.2 Å². The zero-order valence-corrected chi connectivity index (χ0v) is 17.7. The minimum absolute atomic E-state index is 0.118. The van der Waals surface area contributed by atoms with Gasteiger partial charge in [0, 0.05) is 5.57 Å². The Kier molecular flexibility index (Phi) is 7.43. The number of hydrogen-bond acceptors (Lipinski definition) is 8. The summed E-state index contributed by atoms with van der Waals surface area (Å²) in [6.07, 6.45) is 1.37. The van der Waals surface area contributed by atoms with Gasteiger partial charge in [0.2, 0.25) is 0 Å². The fraction of sp³-hybridized carbons (Fsp3) is 0.130. The maximum Gasteiger partial charge on any atom is 0.333 e. The van der Waals surface area contributed by atoms with Crippen LogP contribution >= 0.6 is 0 Å². The number of rotatable bonds is 8. The van der Waals surface area contributed by atoms with Gasteiger partial charge in [-0.1, -0.05) is 18.7 Å². The molecule has 4 amide bonds. The van der Waals surface area contributed by atoms with Crippen molar-refractivity contribution < 1.29 is 28.7 Å². The van der Waals surface area contributed by atoms with E-state index in [2.05, 4.69) is 16.8 Å². The minimum Gasteiger partial charge on any atom is -0.490 e. The summed E-state index contributed by atoms with van der Waals surface area (Å²) in [5, 5.41) is 12.3. The Morgan fingerprint density at radius 2 is 1.45 bits per heavy atom. The van der Waals surface area contributed by atoms with Crippen LogP contribution in [0.5, 0.6) is 5.75 Å². The number of carbonyl (C=O) groups is 4. The molecular weight excluding hydrogens is 428 g/mol. The molecule has 0 bridgehead atoms. The number of carbonyl (C=O) groups excluding carboxylic acids is 4. The van der Waals surface area contributed by atoms with Gasteiger partial charge in [-0.05, 0) is 55.0 Å². The lowest BCUT2D eigenvalue weighted by molar-refractivity contribution is -0.139. The van der Waals surface area contributed by atoms with Crippen LogP contribution in [0.1, 0.15) is 12.5 Å². The Hall–Kier alpha value is -4.60. The van der Waals surface area contributed by atoms with Crippen molar-refractivity contribution in [2.45, 2.75) is 6.92 Å². The van der Waals surface area contributed by atoms with Crippen molar-refractivity contribution in [3.05, 3.63) is 71.8 Å². The molecule has 168 valence electrons. The first-order valence-electron chi connectivity index (χ1n) is 9.77. The Labute approximate surface area is 189 Å². The predicted molar refractivity (Wildman–Crippen MR) is 118 cm³/mol. The molecule has 0 saturated carbocycles. The second-order valence-corrected chi connectivity index (χ2v) is 6.85. The first-order chi connectivity index (χ1) is 15.8. The summed E-state index contributed by atoms with van der Waals surface area (Å²) in [5.74, 6) is -1.38. The monoisotopic (exact) mass is 448 g/mol. The lowest BCUT2D eigenvalue weighted by Crippen LogP contribution is -2.51. The molecule has 1 aliphatic heterocycles. The number of imide groups is 2. The smallest absolute Gasteiger partial charge is 0.333 e. The summed E-state index contributed by atoms with van der Waals surface area (Å²) in [6, 6.07) is 12.7. The molecule has 2 N–H and O–H groups in total. The van der Waals surface area contributed by atoms with E-state index in [-0.39, 0.29) is 18.8 Å². The van der Waals surface area contributed by atoms with Crippen molar-refractivity contribution in [1.29, 1.82) is 0 Å². The SMILES string of the molecule is C=C(C)C(=O)OCCOc1ccc(N=Nc2ccc(C=C3C(=O)NC(=O)NC3=O)cc2)cc1. The summed E-state index contributed by atoms with van der Waals surface area (Å²) >= 11 is 0. The molecule has 2 aromatic rings. The molecule has 0 aromatic heterocycles. The van der Waals surface area contributed by atoms with Gasteiger partial charge in [0.05, 0.1) is 11.4 Å². The van der Waals surface area contributed by atoms with Gasteiger partial charge in [0.15, 0.2) is 0 Å². The third-order valence-electron chi connectivity index (χ3n) is 4.20. The highest BCUT2D eigenvalue weighted by Crippen LogP contribution is 2.22. The van der Waals surface area contributed by atoms with Crippen molar-refractivity contribution in [2.75, 3.05) is 13.2 Å². The van der Waals surface area contributed by atoms with Crippen molar-refractivity contribution in [1.82, 2.24) is 10.6 Å². The zero-order valence-electron chi connectivity index (χ0n) is 17.7. The Morgan fingerprint density at radius 3 is 2.00 bits per heavy atom. The first-order valence-corrected chi connectivity index (χ1v) is 9.77. The maximum absolute atomic E-state index is 11.8. The number of barbiturate groups is 1. The van der Waals surface area contributed by atoms with Crippen LogP contribution in [0.3, 0.4) is 0 Å². The molecule has 0 spiro atoms. The summed E-state index contributed by atoms with van der Waals surface area (Å²) in [6.45, 7) is 5.40. The minimum atomic E-state index is -0.846. The highest BCUT2D eigenvalue weighted by Gasteiger charge is 2.27. The number of nitrogens with one attached hydrogen (secondary N) is 2. The van der Waals surface area contributed by atoms with Crippen LogP contribution in [0.2, 0.25) is 0 Å². The fourth-order valence-electron chi connectivity index (χ4n) is 2.55. The Morgan fingerprint density at radius 1 is 0.909 bits per heavy atom. The van der Waals surface area contributed by atoms with Crippen LogP contribution in [0, 0.1) is 0 Å². The highest BCUT2D eigenvalue weighted by molar-refractivity contribution is 6.31. The first kappa shape index (κ1) is 23.1. The van der Waals surface area contributed by atoms with Crippen LogP contribution in [0.15, 0.2) is 76.5 Å². The quantitative estimate of drug-likeness (QED) is 0.209. The highest BCUT2D eigenvalue weighted by atomic mass is 16.6. The van der Waals surface area contributed by atoms with E-state index >= 15 is 0 Å². The van der Waals surface area contributed by atoms with Gasteiger partial charge in [-0.25, -0.2) is 9.59 Å². The van der Waals surface area contributed by atoms with Gasteiger partial charge in [0.1, 0.15) is 24.5 Å². The van der Waals surface area contributed by atoms with E-state index in [1.807, 2.05) is 10.6 Å². The lowest BCUT2D eigenvalue weighted by Gasteiger charge is -2.13. The van der Waals surface area contributed by atoms with Crippen LogP contribution in [-0.2, 0) is 19.1 Å². The second kappa shape index (κ2) is 10.6. The Bertz CT molecular complexity index is 1130. The van der Waals surface area contributed by atoms with E-state index in [1.54, 1.807) is 55.5 Å². The van der Waals surface area contributed by atoms with Gasteiger partial charge in [-0.2, -0.15) is 10.2 Å². The van der Waals surface area contributed by atoms with E-state index < -0.39 is 23.8 Å². The number of urea groups is 1. The number of nitrogens with zero attached hydrogens (tertiary/aromatic N) is 2. The summed E-state index contributed by atoms with van der Waals surface area (Å²) in [4.78, 5) is 45.9. The molecule has 0 unspecified atom stereocenters. The topological polar surface area (TPSA) is 136 Å². The molecule has 0 aliphatic carbocycles. The molecule has 0 atom stereocenters. The number of azo groups is 1. The standard InChI is InChI=1S/C23H20N4O6/c1-14(2)22(30)33-12-11-32-18-9-7-17(8-10-18)27-26-16-5-3-15(4-6-16)13-19-20(28)24-23(31)25-21(19)29/h3-10,13H,1,11-12H2,2H3,(H2,24,25,28,29,31). The predicted octanol–water partition coefficient (Wildman–Crippen LogP) is 3.35. The van der Waals surface area contributed by atoms with Crippen LogP contribution in [-0.4, -0.2) is 37.0 Å². The van der Waals surface area contributed by atoms with Crippen molar-refractivity contribution in [3.8, 4) is 5.75 Å². The molecule has 2 aromatic carbocycles. The summed E-state index contributed by atoms with van der Waals surface area (Å²) in [7, 11) is 0. The molecule has 10 nitrogen and oxygen atoms in total. The zero-order chi connectivity index (χ0) is 23.8. The van der Waals surface area contributed by atoms with Crippen molar-refractivity contribution in [3.63, 3.8) is 0 Å². The molecule has 1 heterocycles. The van der Waals surface area contributed by atoms with Crippen LogP contribution in [0.4, 0.5) is 16.2 Å². The summed E-state index contributed by atoms with van der Waals surface area (Å²) < 4.78 is 10.4. The van der Waals surface area contributed by atoms with Crippen LogP contribution < -0.4 is 15.4 Å². The molecule has 1 aliphatic rings. The number of ether oxygens (including phenoxy) is 2. The number of hydrogen-bond donors (Lipinski definition) is 2. The van der Waals surface area contributed by atoms with Gasteiger partial charge < -0.3 is 9.47 Å². The van der Waals surface area contributed by atoms with E-state index in [0.29, 0.717) is 28.3 Å². The number of esters is 1. The van der Waals surface area contributed by atoms with Crippen molar-refractivity contribution >= 4 is 41.3 Å². The number of benzene rings is 2. The normalized spacial score (nSPS) is 13.4. The second-order valence-electron chi connectivity index (χ2n) is 6.85. The maximum atomic E-state index is 11.8. The third-order valence-corrected chi connectivity index (χ3v) is 4.20. The average Bonchev–Trinajstić information content (AvgIpc) is 2.79.